The van der Waals surface area contributed by atoms with Gasteiger partial charge < -0.3 is 9.64 Å². The Hall–Kier alpha value is -2.36. The zero-order chi connectivity index (χ0) is 16.1. The SMILES string of the molecule is CCOc1ccc([C@H]2CCCCN2C(=O)c2ccccc2)cn1. The summed E-state index contributed by atoms with van der Waals surface area (Å²) in [4.78, 5) is 19.2. The number of rotatable bonds is 4. The Bertz CT molecular complexity index is 640. The van der Waals surface area contributed by atoms with Crippen LogP contribution in [0, 0.1) is 0 Å². The molecular formula is C19H22N2O2. The molecule has 1 aromatic heterocycles. The van der Waals surface area contributed by atoms with Crippen LogP contribution in [0.4, 0.5) is 0 Å². The highest BCUT2D eigenvalue weighted by molar-refractivity contribution is 5.94. The number of pyridine rings is 1. The summed E-state index contributed by atoms with van der Waals surface area (Å²) in [6.07, 6.45) is 5.01. The molecule has 1 fully saturated rings. The van der Waals surface area contributed by atoms with Crippen molar-refractivity contribution in [1.29, 1.82) is 0 Å². The number of nitrogens with zero attached hydrogens (tertiary/aromatic N) is 2. The van der Waals surface area contributed by atoms with Crippen LogP contribution in [0.3, 0.4) is 0 Å². The molecule has 1 atom stereocenters. The van der Waals surface area contributed by atoms with Crippen LogP contribution in [0.15, 0.2) is 48.7 Å². The third kappa shape index (κ3) is 3.52. The van der Waals surface area contributed by atoms with E-state index in [0.717, 1.165) is 36.9 Å². The van der Waals surface area contributed by atoms with Gasteiger partial charge in [0.2, 0.25) is 5.88 Å². The minimum atomic E-state index is 0.0969. The van der Waals surface area contributed by atoms with E-state index in [1.165, 1.54) is 0 Å². The Labute approximate surface area is 137 Å². The first-order valence-electron chi connectivity index (χ1n) is 8.24. The summed E-state index contributed by atoms with van der Waals surface area (Å²) in [5.41, 5.74) is 1.83. The van der Waals surface area contributed by atoms with Gasteiger partial charge in [-0.1, -0.05) is 24.3 Å². The number of carbonyl (C=O) groups excluding carboxylic acids is 1. The highest BCUT2D eigenvalue weighted by Gasteiger charge is 2.28. The minimum Gasteiger partial charge on any atom is -0.478 e. The number of likely N-dealkylation sites (tertiary alicyclic amines) is 1. The van der Waals surface area contributed by atoms with Crippen molar-refractivity contribution in [3.8, 4) is 5.88 Å². The van der Waals surface area contributed by atoms with Gasteiger partial charge in [-0.2, -0.15) is 0 Å². The fraction of sp³-hybridized carbons (Fsp3) is 0.368. The van der Waals surface area contributed by atoms with E-state index in [-0.39, 0.29) is 11.9 Å². The van der Waals surface area contributed by atoms with Crippen molar-refractivity contribution in [3.63, 3.8) is 0 Å². The topological polar surface area (TPSA) is 42.4 Å². The van der Waals surface area contributed by atoms with E-state index in [4.69, 9.17) is 4.74 Å². The van der Waals surface area contributed by atoms with E-state index in [0.29, 0.717) is 12.5 Å². The molecule has 0 radical (unpaired) electrons. The van der Waals surface area contributed by atoms with Crippen molar-refractivity contribution in [2.45, 2.75) is 32.2 Å². The largest absolute Gasteiger partial charge is 0.478 e. The summed E-state index contributed by atoms with van der Waals surface area (Å²) >= 11 is 0. The molecule has 1 aliphatic heterocycles. The van der Waals surface area contributed by atoms with Crippen molar-refractivity contribution in [2.24, 2.45) is 0 Å². The molecule has 120 valence electrons. The Morgan fingerprint density at radius 2 is 2.04 bits per heavy atom. The Balaban J connectivity index is 1.82. The zero-order valence-corrected chi connectivity index (χ0v) is 13.4. The van der Waals surface area contributed by atoms with E-state index in [1.807, 2.05) is 60.5 Å². The van der Waals surface area contributed by atoms with Crippen LogP contribution in [-0.2, 0) is 0 Å². The van der Waals surface area contributed by atoms with Crippen LogP contribution in [-0.4, -0.2) is 28.9 Å². The third-order valence-electron chi connectivity index (χ3n) is 4.22. The highest BCUT2D eigenvalue weighted by atomic mass is 16.5. The van der Waals surface area contributed by atoms with Gasteiger partial charge in [-0.05, 0) is 43.9 Å². The number of piperidine rings is 1. The minimum absolute atomic E-state index is 0.0969. The molecule has 23 heavy (non-hydrogen) atoms. The predicted octanol–water partition coefficient (Wildman–Crippen LogP) is 3.85. The molecule has 4 heteroatoms. The second kappa shape index (κ2) is 7.27. The number of carbonyl (C=O) groups is 1. The summed E-state index contributed by atoms with van der Waals surface area (Å²) in [6, 6.07) is 13.5. The molecule has 0 unspecified atom stereocenters. The lowest BCUT2D eigenvalue weighted by atomic mass is 9.95. The van der Waals surface area contributed by atoms with Crippen molar-refractivity contribution < 1.29 is 9.53 Å². The van der Waals surface area contributed by atoms with Gasteiger partial charge in [-0.25, -0.2) is 4.98 Å². The van der Waals surface area contributed by atoms with E-state index in [9.17, 15) is 4.79 Å². The van der Waals surface area contributed by atoms with Crippen LogP contribution in [0.1, 0.15) is 48.1 Å². The molecule has 4 nitrogen and oxygen atoms in total. The quantitative estimate of drug-likeness (QED) is 0.861. The van der Waals surface area contributed by atoms with E-state index in [2.05, 4.69) is 4.98 Å². The predicted molar refractivity (Wildman–Crippen MR) is 89.5 cm³/mol. The van der Waals surface area contributed by atoms with Crippen LogP contribution in [0.5, 0.6) is 5.88 Å². The first-order chi connectivity index (χ1) is 11.3. The summed E-state index contributed by atoms with van der Waals surface area (Å²) in [5.74, 6) is 0.734. The van der Waals surface area contributed by atoms with Gasteiger partial charge >= 0.3 is 0 Å². The third-order valence-corrected chi connectivity index (χ3v) is 4.22. The lowest BCUT2D eigenvalue weighted by molar-refractivity contribution is 0.0611. The summed E-state index contributed by atoms with van der Waals surface area (Å²) in [7, 11) is 0. The fourth-order valence-electron chi connectivity index (χ4n) is 3.09. The van der Waals surface area contributed by atoms with Gasteiger partial charge in [0, 0.05) is 24.4 Å². The molecule has 0 spiro atoms. The Kier molecular flexibility index (Phi) is 4.91. The van der Waals surface area contributed by atoms with Gasteiger partial charge in [0.25, 0.3) is 5.91 Å². The molecule has 2 heterocycles. The number of hydrogen-bond acceptors (Lipinski definition) is 3. The van der Waals surface area contributed by atoms with Crippen LogP contribution < -0.4 is 4.74 Å². The molecule has 0 saturated carbocycles. The normalized spacial score (nSPS) is 17.8. The molecule has 0 bridgehead atoms. The lowest BCUT2D eigenvalue weighted by Gasteiger charge is -2.36. The van der Waals surface area contributed by atoms with Crippen molar-refractivity contribution in [2.75, 3.05) is 13.2 Å². The molecule has 0 N–H and O–H groups in total. The lowest BCUT2D eigenvalue weighted by Crippen LogP contribution is -2.38. The maximum atomic E-state index is 12.8. The monoisotopic (exact) mass is 310 g/mol. The van der Waals surface area contributed by atoms with Gasteiger partial charge in [-0.15, -0.1) is 0 Å². The van der Waals surface area contributed by atoms with Crippen LogP contribution in [0.25, 0.3) is 0 Å². The van der Waals surface area contributed by atoms with Crippen LogP contribution >= 0.6 is 0 Å². The summed E-state index contributed by atoms with van der Waals surface area (Å²) < 4.78 is 5.40. The Morgan fingerprint density at radius 1 is 1.22 bits per heavy atom. The van der Waals surface area contributed by atoms with Gasteiger partial charge in [0.15, 0.2) is 0 Å². The van der Waals surface area contributed by atoms with Crippen LogP contribution in [0.2, 0.25) is 0 Å². The Morgan fingerprint density at radius 3 is 2.74 bits per heavy atom. The molecular weight excluding hydrogens is 288 g/mol. The summed E-state index contributed by atoms with van der Waals surface area (Å²) in [6.45, 7) is 3.34. The molecule has 2 aromatic rings. The number of benzene rings is 1. The maximum Gasteiger partial charge on any atom is 0.254 e. The number of ether oxygens (including phenoxy) is 1. The van der Waals surface area contributed by atoms with E-state index in [1.54, 1.807) is 0 Å². The van der Waals surface area contributed by atoms with Crippen molar-refractivity contribution in [1.82, 2.24) is 9.88 Å². The molecule has 1 amide bonds. The molecule has 3 rings (SSSR count). The fourth-order valence-corrected chi connectivity index (χ4v) is 3.09. The van der Waals surface area contributed by atoms with E-state index >= 15 is 0 Å². The van der Waals surface area contributed by atoms with Gasteiger partial charge in [-0.3, -0.25) is 4.79 Å². The smallest absolute Gasteiger partial charge is 0.254 e. The van der Waals surface area contributed by atoms with Gasteiger partial charge in [0.05, 0.1) is 12.6 Å². The second-order valence-corrected chi connectivity index (χ2v) is 5.74. The molecule has 0 aliphatic carbocycles. The standard InChI is InChI=1S/C19H22N2O2/c1-2-23-18-12-11-16(14-20-18)17-10-6-7-13-21(17)19(22)15-8-4-3-5-9-15/h3-5,8-9,11-12,14,17H,2,6-7,10,13H2,1H3/t17-/m1/s1. The van der Waals surface area contributed by atoms with Crippen molar-refractivity contribution >= 4 is 5.91 Å². The maximum absolute atomic E-state index is 12.8. The molecule has 1 saturated heterocycles. The highest BCUT2D eigenvalue weighted by Crippen LogP contribution is 2.32. The first kappa shape index (κ1) is 15.5. The van der Waals surface area contributed by atoms with Crippen molar-refractivity contribution in [3.05, 3.63) is 59.8 Å². The van der Waals surface area contributed by atoms with Gasteiger partial charge in [0.1, 0.15) is 0 Å². The zero-order valence-electron chi connectivity index (χ0n) is 13.4. The average Bonchev–Trinajstić information content (AvgIpc) is 2.63. The first-order valence-corrected chi connectivity index (χ1v) is 8.24. The number of amides is 1. The molecule has 1 aromatic carbocycles. The number of aromatic nitrogens is 1. The second-order valence-electron chi connectivity index (χ2n) is 5.74. The average molecular weight is 310 g/mol. The summed E-state index contributed by atoms with van der Waals surface area (Å²) in [5, 5.41) is 0. The van der Waals surface area contributed by atoms with E-state index < -0.39 is 0 Å². The molecule has 1 aliphatic rings. The number of hydrogen-bond donors (Lipinski definition) is 0.